The molecule has 0 fully saturated rings. The summed E-state index contributed by atoms with van der Waals surface area (Å²) in [6.45, 7) is 6.73. The lowest BCUT2D eigenvalue weighted by atomic mass is 10.0. The molecule has 0 aromatic rings. The first-order chi connectivity index (χ1) is 35.0. The van der Waals surface area contributed by atoms with Crippen molar-refractivity contribution < 1.29 is 28.6 Å². The third-order valence-corrected chi connectivity index (χ3v) is 15.1. The van der Waals surface area contributed by atoms with Crippen molar-refractivity contribution in [2.24, 2.45) is 0 Å². The number of hydrogen-bond donors (Lipinski definition) is 0. The Morgan fingerprint density at radius 2 is 0.380 bits per heavy atom. The van der Waals surface area contributed by atoms with Gasteiger partial charge in [0.1, 0.15) is 13.2 Å². The van der Waals surface area contributed by atoms with Crippen LogP contribution in [0.1, 0.15) is 380 Å². The summed E-state index contributed by atoms with van der Waals surface area (Å²) in [4.78, 5) is 38.3. The van der Waals surface area contributed by atoms with Crippen molar-refractivity contribution in [3.8, 4) is 0 Å². The van der Waals surface area contributed by atoms with Crippen molar-refractivity contribution in [3.05, 3.63) is 0 Å². The van der Waals surface area contributed by atoms with Gasteiger partial charge in [-0.05, 0) is 19.3 Å². The maximum absolute atomic E-state index is 12.9. The van der Waals surface area contributed by atoms with Crippen molar-refractivity contribution in [1.29, 1.82) is 0 Å². The van der Waals surface area contributed by atoms with Gasteiger partial charge in [0.25, 0.3) is 0 Å². The molecule has 0 rings (SSSR count). The average molecular weight is 1000 g/mol. The van der Waals surface area contributed by atoms with Gasteiger partial charge in [-0.25, -0.2) is 0 Å². The maximum atomic E-state index is 12.9. The largest absolute Gasteiger partial charge is 0.462 e. The number of carbonyl (C=O) groups excluding carboxylic acids is 3. The predicted molar refractivity (Wildman–Crippen MR) is 307 cm³/mol. The van der Waals surface area contributed by atoms with Gasteiger partial charge in [0.2, 0.25) is 0 Å². The van der Waals surface area contributed by atoms with Gasteiger partial charge in [-0.2, -0.15) is 0 Å². The summed E-state index contributed by atoms with van der Waals surface area (Å²) in [6, 6.07) is 0. The quantitative estimate of drug-likeness (QED) is 0.0343. The zero-order chi connectivity index (χ0) is 51.4. The highest BCUT2D eigenvalue weighted by atomic mass is 16.6. The molecule has 0 aliphatic carbocycles. The minimum absolute atomic E-state index is 0.0604. The summed E-state index contributed by atoms with van der Waals surface area (Å²) in [6.07, 6.45) is 69.6. The van der Waals surface area contributed by atoms with Crippen LogP contribution in [0.5, 0.6) is 0 Å². The van der Waals surface area contributed by atoms with Gasteiger partial charge in [0.15, 0.2) is 6.10 Å². The van der Waals surface area contributed by atoms with E-state index in [1.807, 2.05) is 0 Å². The number of rotatable bonds is 61. The molecule has 0 saturated carbocycles. The molecule has 0 heterocycles. The first-order valence-corrected chi connectivity index (χ1v) is 32.5. The van der Waals surface area contributed by atoms with Crippen LogP contribution in [0.2, 0.25) is 0 Å². The zero-order valence-electron chi connectivity index (χ0n) is 48.5. The van der Waals surface area contributed by atoms with E-state index in [1.165, 1.54) is 283 Å². The minimum atomic E-state index is -0.762. The fourth-order valence-corrected chi connectivity index (χ4v) is 10.2. The molecule has 0 amide bonds. The van der Waals surface area contributed by atoms with Gasteiger partial charge in [-0.1, -0.05) is 342 Å². The van der Waals surface area contributed by atoms with E-state index in [0.29, 0.717) is 19.3 Å². The molecular formula is C65H126O6. The molecule has 422 valence electrons. The van der Waals surface area contributed by atoms with E-state index in [9.17, 15) is 14.4 Å². The van der Waals surface area contributed by atoms with Crippen LogP contribution in [-0.4, -0.2) is 37.2 Å². The van der Waals surface area contributed by atoms with Crippen LogP contribution in [0.3, 0.4) is 0 Å². The first-order valence-electron chi connectivity index (χ1n) is 32.5. The van der Waals surface area contributed by atoms with E-state index >= 15 is 0 Å². The van der Waals surface area contributed by atoms with Crippen molar-refractivity contribution in [1.82, 2.24) is 0 Å². The van der Waals surface area contributed by atoms with Gasteiger partial charge in [-0.15, -0.1) is 0 Å². The van der Waals surface area contributed by atoms with E-state index in [4.69, 9.17) is 14.2 Å². The van der Waals surface area contributed by atoms with Crippen molar-refractivity contribution in [2.75, 3.05) is 13.2 Å². The molecule has 0 aliphatic rings. The molecule has 0 aliphatic heterocycles. The van der Waals surface area contributed by atoms with Crippen LogP contribution in [0.4, 0.5) is 0 Å². The molecule has 0 aromatic heterocycles. The third kappa shape index (κ3) is 59.2. The second kappa shape index (κ2) is 61.0. The number of carbonyl (C=O) groups is 3. The van der Waals surface area contributed by atoms with Gasteiger partial charge in [0, 0.05) is 19.3 Å². The Hall–Kier alpha value is -1.59. The Bertz CT molecular complexity index is 1060. The summed E-state index contributed by atoms with van der Waals surface area (Å²) in [5, 5.41) is 0. The van der Waals surface area contributed by atoms with Crippen molar-refractivity contribution in [2.45, 2.75) is 386 Å². The van der Waals surface area contributed by atoms with Crippen LogP contribution in [-0.2, 0) is 28.6 Å². The minimum Gasteiger partial charge on any atom is -0.462 e. The highest BCUT2D eigenvalue weighted by Gasteiger charge is 2.19. The molecule has 6 heteroatoms. The molecule has 71 heavy (non-hydrogen) atoms. The van der Waals surface area contributed by atoms with Gasteiger partial charge in [0.05, 0.1) is 0 Å². The van der Waals surface area contributed by atoms with Gasteiger partial charge < -0.3 is 14.2 Å². The lowest BCUT2D eigenvalue weighted by molar-refractivity contribution is -0.167. The topological polar surface area (TPSA) is 78.9 Å². The lowest BCUT2D eigenvalue weighted by Crippen LogP contribution is -2.30. The Balaban J connectivity index is 4.25. The fourth-order valence-electron chi connectivity index (χ4n) is 10.2. The summed E-state index contributed by atoms with van der Waals surface area (Å²) in [5.74, 6) is -0.823. The first kappa shape index (κ1) is 69.4. The third-order valence-electron chi connectivity index (χ3n) is 15.1. The monoisotopic (exact) mass is 1000 g/mol. The lowest BCUT2D eigenvalue weighted by Gasteiger charge is -2.18. The second-order valence-corrected chi connectivity index (χ2v) is 22.4. The van der Waals surface area contributed by atoms with E-state index in [2.05, 4.69) is 20.8 Å². The normalized spacial score (nSPS) is 11.9. The van der Waals surface area contributed by atoms with Crippen LogP contribution in [0.25, 0.3) is 0 Å². The van der Waals surface area contributed by atoms with Crippen LogP contribution < -0.4 is 0 Å². The number of unbranched alkanes of at least 4 members (excludes halogenated alkanes) is 50. The molecule has 6 nitrogen and oxygen atoms in total. The smallest absolute Gasteiger partial charge is 0.306 e. The summed E-state index contributed by atoms with van der Waals surface area (Å²) in [7, 11) is 0. The van der Waals surface area contributed by atoms with E-state index in [-0.39, 0.29) is 31.1 Å². The predicted octanol–water partition coefficient (Wildman–Crippen LogP) is 21.9. The molecular weight excluding hydrogens is 877 g/mol. The van der Waals surface area contributed by atoms with Crippen LogP contribution in [0, 0.1) is 0 Å². The summed E-state index contributed by atoms with van der Waals surface area (Å²) >= 11 is 0. The van der Waals surface area contributed by atoms with Gasteiger partial charge in [-0.3, -0.25) is 14.4 Å². The maximum Gasteiger partial charge on any atom is 0.306 e. The van der Waals surface area contributed by atoms with Crippen LogP contribution >= 0.6 is 0 Å². The highest BCUT2D eigenvalue weighted by Crippen LogP contribution is 2.19. The van der Waals surface area contributed by atoms with Crippen molar-refractivity contribution >= 4 is 17.9 Å². The average Bonchev–Trinajstić information content (AvgIpc) is 3.37. The highest BCUT2D eigenvalue weighted by molar-refractivity contribution is 5.71. The number of esters is 3. The Morgan fingerprint density at radius 1 is 0.225 bits per heavy atom. The van der Waals surface area contributed by atoms with E-state index < -0.39 is 6.10 Å². The summed E-state index contributed by atoms with van der Waals surface area (Å²) in [5.41, 5.74) is 0. The molecule has 0 N–H and O–H groups in total. The molecule has 1 atom stereocenters. The van der Waals surface area contributed by atoms with E-state index in [0.717, 1.165) is 57.8 Å². The zero-order valence-corrected chi connectivity index (χ0v) is 48.5. The Labute approximate surface area is 444 Å². The SMILES string of the molecule is CCCCCCCCCCCCCCCCCCCCCCCC(=O)OC[C@H](COC(=O)CCCCCCCCCCCCCCCCC)OC(=O)CCCCCCCCCCCCCCCCCCC. The molecule has 0 radical (unpaired) electrons. The molecule has 0 spiro atoms. The second-order valence-electron chi connectivity index (χ2n) is 22.4. The van der Waals surface area contributed by atoms with E-state index in [1.54, 1.807) is 0 Å². The Morgan fingerprint density at radius 3 is 0.563 bits per heavy atom. The van der Waals surface area contributed by atoms with Crippen LogP contribution in [0.15, 0.2) is 0 Å². The van der Waals surface area contributed by atoms with Gasteiger partial charge >= 0.3 is 17.9 Å². The summed E-state index contributed by atoms with van der Waals surface area (Å²) < 4.78 is 17.0. The number of ether oxygens (including phenoxy) is 3. The standard InChI is InChI=1S/C65H126O6/c1-4-7-10-13-16-19-22-25-28-30-31-32-33-35-37-40-43-46-49-52-55-58-64(67)70-61-62(60-69-63(66)57-54-51-48-45-42-39-36-27-24-21-18-15-12-9-6-3)71-65(68)59-56-53-50-47-44-41-38-34-29-26-23-20-17-14-11-8-5-2/h62H,4-61H2,1-3H3/t62-/m0/s1. The molecule has 0 unspecified atom stereocenters. The molecule has 0 aromatic carbocycles. The molecule has 0 saturated heterocycles. The fraction of sp³-hybridized carbons (Fsp3) is 0.954. The Kier molecular flexibility index (Phi) is 59.6. The van der Waals surface area contributed by atoms with Crippen molar-refractivity contribution in [3.63, 3.8) is 0 Å². The molecule has 0 bridgehead atoms. The number of hydrogen-bond acceptors (Lipinski definition) is 6.